The number of amides is 1. The monoisotopic (exact) mass is 582 g/mol. The lowest BCUT2D eigenvalue weighted by Crippen LogP contribution is -2.32. The summed E-state index contributed by atoms with van der Waals surface area (Å²) in [6, 6.07) is 4.73. The first-order valence-electron chi connectivity index (χ1n) is 15.0. The number of nitrogens with zero attached hydrogens (tertiary/aromatic N) is 6. The molecule has 6 rings (SSSR count). The summed E-state index contributed by atoms with van der Waals surface area (Å²) in [5.41, 5.74) is 11.5. The second kappa shape index (κ2) is 13.4. The highest BCUT2D eigenvalue weighted by Gasteiger charge is 2.32. The molecule has 2 saturated carbocycles. The van der Waals surface area contributed by atoms with Gasteiger partial charge >= 0.3 is 5.97 Å². The van der Waals surface area contributed by atoms with E-state index in [1.54, 1.807) is 6.07 Å². The number of carbonyl (C=O) groups excluding carboxylic acids is 2. The SMILES string of the molecule is CCCCOC(=O)CC1CCCN1c1cc(NC2CC2)nc(N)n1.Nc1nc(NC2CC2)cc(N2C[C@H](O)CC2=O)n1. The number of carbonyl (C=O) groups is 2. The van der Waals surface area contributed by atoms with Crippen molar-refractivity contribution in [2.24, 2.45) is 0 Å². The minimum atomic E-state index is -0.631. The van der Waals surface area contributed by atoms with Gasteiger partial charge in [-0.3, -0.25) is 14.5 Å². The first-order chi connectivity index (χ1) is 20.3. The van der Waals surface area contributed by atoms with E-state index >= 15 is 0 Å². The Kier molecular flexibility index (Phi) is 9.40. The van der Waals surface area contributed by atoms with Crippen LogP contribution in [-0.4, -0.2) is 80.8 Å². The Bertz CT molecular complexity index is 1260. The highest BCUT2D eigenvalue weighted by atomic mass is 16.5. The van der Waals surface area contributed by atoms with E-state index in [1.165, 1.54) is 17.7 Å². The van der Waals surface area contributed by atoms with Gasteiger partial charge < -0.3 is 36.8 Å². The molecule has 2 saturated heterocycles. The molecule has 14 heteroatoms. The zero-order valence-electron chi connectivity index (χ0n) is 24.2. The maximum absolute atomic E-state index is 12.0. The number of aromatic nitrogens is 4. The van der Waals surface area contributed by atoms with Crippen molar-refractivity contribution in [2.45, 2.75) is 95.4 Å². The summed E-state index contributed by atoms with van der Waals surface area (Å²) < 4.78 is 5.30. The Hall–Kier alpha value is -3.94. The molecule has 4 heterocycles. The van der Waals surface area contributed by atoms with Gasteiger partial charge in [-0.2, -0.15) is 19.9 Å². The smallest absolute Gasteiger partial charge is 0.307 e. The van der Waals surface area contributed by atoms with Crippen LogP contribution < -0.4 is 31.9 Å². The highest BCUT2D eigenvalue weighted by molar-refractivity contribution is 5.95. The number of hydrogen-bond acceptors (Lipinski definition) is 13. The van der Waals surface area contributed by atoms with E-state index in [2.05, 4.69) is 42.4 Å². The van der Waals surface area contributed by atoms with Crippen LogP contribution in [0.5, 0.6) is 0 Å². The predicted molar refractivity (Wildman–Crippen MR) is 160 cm³/mol. The molecule has 4 aliphatic rings. The molecular weight excluding hydrogens is 540 g/mol. The van der Waals surface area contributed by atoms with Gasteiger partial charge in [0.05, 0.1) is 32.1 Å². The predicted octanol–water partition coefficient (Wildman–Crippen LogP) is 2.07. The van der Waals surface area contributed by atoms with Crippen LogP contribution in [0.4, 0.5) is 35.2 Å². The highest BCUT2D eigenvalue weighted by Crippen LogP contribution is 2.30. The van der Waals surface area contributed by atoms with E-state index in [0.29, 0.717) is 36.7 Å². The number of nitrogens with one attached hydrogen (secondary N) is 2. The molecule has 2 aliphatic heterocycles. The van der Waals surface area contributed by atoms with Crippen LogP contribution in [0.3, 0.4) is 0 Å². The van der Waals surface area contributed by atoms with Crippen LogP contribution in [0.2, 0.25) is 0 Å². The maximum atomic E-state index is 12.0. The van der Waals surface area contributed by atoms with Gasteiger partial charge in [-0.25, -0.2) is 0 Å². The molecule has 228 valence electrons. The molecule has 0 aromatic carbocycles. The van der Waals surface area contributed by atoms with Gasteiger partial charge in [0.2, 0.25) is 17.8 Å². The number of ether oxygens (including phenoxy) is 1. The van der Waals surface area contributed by atoms with Crippen LogP contribution in [0, 0.1) is 0 Å². The van der Waals surface area contributed by atoms with E-state index < -0.39 is 6.10 Å². The second-order valence-electron chi connectivity index (χ2n) is 11.4. The van der Waals surface area contributed by atoms with Gasteiger partial charge in [-0.1, -0.05) is 13.3 Å². The molecule has 4 fully saturated rings. The molecular formula is C28H42N10O4. The van der Waals surface area contributed by atoms with Crippen molar-refractivity contribution in [3.63, 3.8) is 0 Å². The largest absolute Gasteiger partial charge is 0.466 e. The van der Waals surface area contributed by atoms with Crippen LogP contribution >= 0.6 is 0 Å². The van der Waals surface area contributed by atoms with E-state index in [-0.39, 0.29) is 42.8 Å². The van der Waals surface area contributed by atoms with Gasteiger partial charge in [-0.15, -0.1) is 0 Å². The lowest BCUT2D eigenvalue weighted by molar-refractivity contribution is -0.144. The normalized spacial score (nSPS) is 21.6. The zero-order chi connectivity index (χ0) is 29.6. The summed E-state index contributed by atoms with van der Waals surface area (Å²) in [6.07, 6.45) is 8.47. The minimum absolute atomic E-state index is 0.126. The van der Waals surface area contributed by atoms with E-state index in [9.17, 15) is 14.7 Å². The fourth-order valence-electron chi connectivity index (χ4n) is 5.05. The quantitative estimate of drug-likeness (QED) is 0.191. The van der Waals surface area contributed by atoms with Crippen molar-refractivity contribution >= 4 is 47.0 Å². The third kappa shape index (κ3) is 8.30. The number of aliphatic hydroxyl groups is 1. The van der Waals surface area contributed by atoms with Crippen LogP contribution in [0.1, 0.15) is 71.1 Å². The molecule has 0 spiro atoms. The molecule has 14 nitrogen and oxygen atoms in total. The Morgan fingerprint density at radius 3 is 2.19 bits per heavy atom. The molecule has 2 aromatic heterocycles. The Morgan fingerprint density at radius 2 is 1.62 bits per heavy atom. The first kappa shape index (κ1) is 29.5. The molecule has 1 amide bonds. The number of esters is 1. The molecule has 2 aliphatic carbocycles. The molecule has 2 aromatic rings. The number of hydrogen-bond donors (Lipinski definition) is 5. The van der Waals surface area contributed by atoms with Crippen LogP contribution in [-0.2, 0) is 14.3 Å². The molecule has 7 N–H and O–H groups in total. The lowest BCUT2D eigenvalue weighted by Gasteiger charge is -2.25. The van der Waals surface area contributed by atoms with Crippen molar-refractivity contribution in [3.05, 3.63) is 12.1 Å². The average molecular weight is 583 g/mol. The van der Waals surface area contributed by atoms with Crippen LogP contribution in [0.15, 0.2) is 12.1 Å². The van der Waals surface area contributed by atoms with Gasteiger partial charge in [0, 0.05) is 36.8 Å². The summed E-state index contributed by atoms with van der Waals surface area (Å²) in [4.78, 5) is 44.1. The number of nitrogens with two attached hydrogens (primary N) is 2. The molecule has 0 radical (unpaired) electrons. The Balaban J connectivity index is 0.000000175. The number of nitrogen functional groups attached to an aromatic ring is 2. The van der Waals surface area contributed by atoms with E-state index in [1.807, 2.05) is 6.07 Å². The third-order valence-corrected chi connectivity index (χ3v) is 7.53. The van der Waals surface area contributed by atoms with Gasteiger partial charge in [0.25, 0.3) is 0 Å². The van der Waals surface area contributed by atoms with E-state index in [4.69, 9.17) is 16.2 Å². The summed E-state index contributed by atoms with van der Waals surface area (Å²) in [6.45, 7) is 3.74. The maximum Gasteiger partial charge on any atom is 0.307 e. The van der Waals surface area contributed by atoms with Crippen molar-refractivity contribution < 1.29 is 19.4 Å². The van der Waals surface area contributed by atoms with Gasteiger partial charge in [0.1, 0.15) is 23.3 Å². The van der Waals surface area contributed by atoms with Crippen LogP contribution in [0.25, 0.3) is 0 Å². The second-order valence-corrected chi connectivity index (χ2v) is 11.4. The topological polar surface area (TPSA) is 198 Å². The molecule has 2 atom stereocenters. The first-order valence-corrected chi connectivity index (χ1v) is 15.0. The average Bonchev–Trinajstić information content (AvgIpc) is 3.85. The number of anilines is 6. The van der Waals surface area contributed by atoms with Crippen molar-refractivity contribution in [3.8, 4) is 0 Å². The summed E-state index contributed by atoms with van der Waals surface area (Å²) in [5.74, 6) is 2.79. The van der Waals surface area contributed by atoms with Crippen molar-refractivity contribution in [1.82, 2.24) is 19.9 Å². The van der Waals surface area contributed by atoms with Gasteiger partial charge in [0.15, 0.2) is 0 Å². The zero-order valence-corrected chi connectivity index (χ0v) is 24.2. The summed E-state index contributed by atoms with van der Waals surface area (Å²) in [7, 11) is 0. The minimum Gasteiger partial charge on any atom is -0.466 e. The number of β-amino-alcohol motifs (C(OH)–C–C–N with tert-alkyl or cyclic N) is 1. The Morgan fingerprint density at radius 1 is 1.00 bits per heavy atom. The van der Waals surface area contributed by atoms with E-state index in [0.717, 1.165) is 56.7 Å². The number of rotatable bonds is 11. The van der Waals surface area contributed by atoms with Crippen molar-refractivity contribution in [1.29, 1.82) is 0 Å². The third-order valence-electron chi connectivity index (χ3n) is 7.53. The standard InChI is InChI=1S/C17H27N5O2.C11H15N5O2/c1-2-3-9-24-16(23)10-13-5-4-8-22(13)15-11-14(19-12-6-7-12)20-17(18)21-15;12-11-14-8(13-6-1-2-6)4-9(15-11)16-5-7(17)3-10(16)18/h11-13H,2-10H2,1H3,(H3,18,19,20,21);4,6-7,17H,1-3,5H2,(H3,12,13,14,15)/t;7-/m.1/s1. The fraction of sp³-hybridized carbons (Fsp3) is 0.643. The van der Waals surface area contributed by atoms with Gasteiger partial charge in [-0.05, 0) is 44.9 Å². The number of unbranched alkanes of at least 4 members (excludes halogenated alkanes) is 1. The lowest BCUT2D eigenvalue weighted by atomic mass is 10.1. The summed E-state index contributed by atoms with van der Waals surface area (Å²) >= 11 is 0. The Labute approximate surface area is 245 Å². The molecule has 1 unspecified atom stereocenters. The number of aliphatic hydroxyl groups excluding tert-OH is 1. The molecule has 0 bridgehead atoms. The molecule has 42 heavy (non-hydrogen) atoms. The summed E-state index contributed by atoms with van der Waals surface area (Å²) in [5, 5.41) is 16.0. The fourth-order valence-corrected chi connectivity index (χ4v) is 5.05. The van der Waals surface area contributed by atoms with Crippen molar-refractivity contribution in [2.75, 3.05) is 51.6 Å².